The summed E-state index contributed by atoms with van der Waals surface area (Å²) in [7, 11) is 0. The number of hydrogen-bond donors (Lipinski definition) is 1. The van der Waals surface area contributed by atoms with Crippen LogP contribution >= 0.6 is 15.9 Å². The van der Waals surface area contributed by atoms with Crippen LogP contribution in [-0.2, 0) is 0 Å². The van der Waals surface area contributed by atoms with Gasteiger partial charge in [-0.1, -0.05) is 36.4 Å². The largest absolute Gasteiger partial charge is 0.488 e. The second kappa shape index (κ2) is 6.73. The molecule has 19 heavy (non-hydrogen) atoms. The third kappa shape index (κ3) is 3.58. The highest BCUT2D eigenvalue weighted by molar-refractivity contribution is 9.10. The van der Waals surface area contributed by atoms with Crippen molar-refractivity contribution < 1.29 is 4.74 Å². The van der Waals surface area contributed by atoms with Crippen molar-refractivity contribution in [1.29, 1.82) is 0 Å². The maximum Gasteiger partial charge on any atom is 0.134 e. The lowest BCUT2D eigenvalue weighted by molar-refractivity contribution is 0.218. The Balaban J connectivity index is 2.12. The maximum atomic E-state index is 5.96. The minimum absolute atomic E-state index is 0.109. The summed E-state index contributed by atoms with van der Waals surface area (Å²) in [6.45, 7) is 7.33. The molecule has 0 aliphatic rings. The van der Waals surface area contributed by atoms with Crippen LogP contribution in [0.5, 0.6) is 5.75 Å². The van der Waals surface area contributed by atoms with E-state index in [-0.39, 0.29) is 6.10 Å². The van der Waals surface area contributed by atoms with E-state index in [1.165, 1.54) is 10.8 Å². The first kappa shape index (κ1) is 14.1. The van der Waals surface area contributed by atoms with Crippen LogP contribution in [0, 0.1) is 0 Å². The Bertz CT molecular complexity index is 568. The zero-order chi connectivity index (χ0) is 13.7. The standard InChI is InChI=1S/C16H18BrNO/c1-3-10-18-11-12(2)19-15-9-8-13-6-4-5-7-14(13)16(15)17/h3-9,12,18H,1,10-11H2,2H3. The monoisotopic (exact) mass is 319 g/mol. The van der Waals surface area contributed by atoms with Crippen molar-refractivity contribution >= 4 is 26.7 Å². The zero-order valence-corrected chi connectivity index (χ0v) is 12.6. The predicted molar refractivity (Wildman–Crippen MR) is 84.8 cm³/mol. The van der Waals surface area contributed by atoms with Crippen molar-refractivity contribution in [3.05, 3.63) is 53.5 Å². The SMILES string of the molecule is C=CCNCC(C)Oc1ccc2ccccc2c1Br. The smallest absolute Gasteiger partial charge is 0.134 e. The first-order chi connectivity index (χ1) is 9.22. The fraction of sp³-hybridized carbons (Fsp3) is 0.250. The Kier molecular flexibility index (Phi) is 5.00. The number of halogens is 1. The molecule has 2 aromatic rings. The summed E-state index contributed by atoms with van der Waals surface area (Å²) in [4.78, 5) is 0. The van der Waals surface area contributed by atoms with Crippen molar-refractivity contribution in [3.8, 4) is 5.75 Å². The summed E-state index contributed by atoms with van der Waals surface area (Å²) in [5.74, 6) is 0.881. The Morgan fingerprint density at radius 3 is 2.89 bits per heavy atom. The van der Waals surface area contributed by atoms with Gasteiger partial charge >= 0.3 is 0 Å². The molecular formula is C16H18BrNO. The van der Waals surface area contributed by atoms with Gasteiger partial charge < -0.3 is 10.1 Å². The van der Waals surface area contributed by atoms with E-state index >= 15 is 0 Å². The number of fused-ring (bicyclic) bond motifs is 1. The normalized spacial score (nSPS) is 12.3. The second-order valence-electron chi connectivity index (χ2n) is 4.47. The summed E-state index contributed by atoms with van der Waals surface area (Å²) in [6.07, 6.45) is 1.95. The molecule has 2 rings (SSSR count). The highest BCUT2D eigenvalue weighted by Crippen LogP contribution is 2.33. The highest BCUT2D eigenvalue weighted by Gasteiger charge is 2.09. The molecular weight excluding hydrogens is 302 g/mol. The number of benzene rings is 2. The molecule has 2 nitrogen and oxygen atoms in total. The van der Waals surface area contributed by atoms with Gasteiger partial charge in [0, 0.05) is 13.1 Å². The van der Waals surface area contributed by atoms with Gasteiger partial charge in [0.2, 0.25) is 0 Å². The van der Waals surface area contributed by atoms with E-state index in [2.05, 4.69) is 52.9 Å². The van der Waals surface area contributed by atoms with E-state index < -0.39 is 0 Å². The molecule has 100 valence electrons. The Labute approximate surface area is 122 Å². The van der Waals surface area contributed by atoms with Crippen molar-refractivity contribution in [3.63, 3.8) is 0 Å². The summed E-state index contributed by atoms with van der Waals surface area (Å²) >= 11 is 3.63. The number of hydrogen-bond acceptors (Lipinski definition) is 2. The molecule has 1 atom stereocenters. The van der Waals surface area contributed by atoms with Gasteiger partial charge in [-0.2, -0.15) is 0 Å². The third-order valence-corrected chi connectivity index (χ3v) is 3.69. The van der Waals surface area contributed by atoms with E-state index in [9.17, 15) is 0 Å². The van der Waals surface area contributed by atoms with Crippen LogP contribution in [0.3, 0.4) is 0 Å². The lowest BCUT2D eigenvalue weighted by atomic mass is 10.1. The van der Waals surface area contributed by atoms with Crippen LogP contribution in [-0.4, -0.2) is 19.2 Å². The fourth-order valence-electron chi connectivity index (χ4n) is 1.95. The molecule has 0 saturated carbocycles. The molecule has 1 unspecified atom stereocenters. The summed E-state index contributed by atoms with van der Waals surface area (Å²) < 4.78 is 6.97. The minimum atomic E-state index is 0.109. The van der Waals surface area contributed by atoms with Crippen LogP contribution in [0.25, 0.3) is 10.8 Å². The molecule has 0 fully saturated rings. The first-order valence-corrected chi connectivity index (χ1v) is 7.17. The maximum absolute atomic E-state index is 5.96. The fourth-order valence-corrected chi connectivity index (χ4v) is 2.54. The Morgan fingerprint density at radius 1 is 1.32 bits per heavy atom. The molecule has 0 aliphatic carbocycles. The van der Waals surface area contributed by atoms with Crippen molar-refractivity contribution in [1.82, 2.24) is 5.32 Å². The molecule has 1 N–H and O–H groups in total. The van der Waals surface area contributed by atoms with E-state index in [4.69, 9.17) is 4.74 Å². The molecule has 0 bridgehead atoms. The summed E-state index contributed by atoms with van der Waals surface area (Å²) in [5, 5.41) is 5.63. The molecule has 0 heterocycles. The van der Waals surface area contributed by atoms with Gasteiger partial charge in [-0.3, -0.25) is 0 Å². The molecule has 0 aliphatic heterocycles. The lowest BCUT2D eigenvalue weighted by Crippen LogP contribution is -2.29. The first-order valence-electron chi connectivity index (χ1n) is 6.38. The van der Waals surface area contributed by atoms with E-state index in [1.807, 2.05) is 24.3 Å². The van der Waals surface area contributed by atoms with Gasteiger partial charge in [-0.05, 0) is 39.7 Å². The molecule has 0 radical (unpaired) electrons. The number of ether oxygens (including phenoxy) is 1. The van der Waals surface area contributed by atoms with Gasteiger partial charge in [0.25, 0.3) is 0 Å². The van der Waals surface area contributed by atoms with E-state index in [0.717, 1.165) is 23.3 Å². The highest BCUT2D eigenvalue weighted by atomic mass is 79.9. The van der Waals surface area contributed by atoms with Crippen molar-refractivity contribution in [2.24, 2.45) is 0 Å². The molecule has 0 amide bonds. The number of rotatable bonds is 6. The van der Waals surface area contributed by atoms with Crippen molar-refractivity contribution in [2.75, 3.05) is 13.1 Å². The topological polar surface area (TPSA) is 21.3 Å². The van der Waals surface area contributed by atoms with Crippen LogP contribution in [0.15, 0.2) is 53.5 Å². The van der Waals surface area contributed by atoms with Crippen molar-refractivity contribution in [2.45, 2.75) is 13.0 Å². The minimum Gasteiger partial charge on any atom is -0.488 e. The van der Waals surface area contributed by atoms with Crippen LogP contribution in [0.2, 0.25) is 0 Å². The molecule has 0 spiro atoms. The molecule has 0 saturated heterocycles. The van der Waals surface area contributed by atoms with E-state index in [0.29, 0.717) is 0 Å². The van der Waals surface area contributed by atoms with E-state index in [1.54, 1.807) is 0 Å². The van der Waals surface area contributed by atoms with Gasteiger partial charge in [-0.25, -0.2) is 0 Å². The van der Waals surface area contributed by atoms with Gasteiger partial charge in [0.15, 0.2) is 0 Å². The summed E-state index contributed by atoms with van der Waals surface area (Å²) in [5.41, 5.74) is 0. The Morgan fingerprint density at radius 2 is 2.11 bits per heavy atom. The zero-order valence-electron chi connectivity index (χ0n) is 11.0. The molecule has 3 heteroatoms. The summed E-state index contributed by atoms with van der Waals surface area (Å²) in [6, 6.07) is 12.4. The van der Waals surface area contributed by atoms with Crippen LogP contribution in [0.1, 0.15) is 6.92 Å². The van der Waals surface area contributed by atoms with Crippen LogP contribution in [0.4, 0.5) is 0 Å². The van der Waals surface area contributed by atoms with Crippen LogP contribution < -0.4 is 10.1 Å². The predicted octanol–water partition coefficient (Wildman–Crippen LogP) is 4.15. The lowest BCUT2D eigenvalue weighted by Gasteiger charge is -2.17. The van der Waals surface area contributed by atoms with Gasteiger partial charge in [0.05, 0.1) is 4.47 Å². The van der Waals surface area contributed by atoms with Gasteiger partial charge in [-0.15, -0.1) is 6.58 Å². The molecule has 2 aromatic carbocycles. The number of nitrogens with one attached hydrogen (secondary N) is 1. The third-order valence-electron chi connectivity index (χ3n) is 2.88. The second-order valence-corrected chi connectivity index (χ2v) is 5.27. The Hall–Kier alpha value is -1.32. The quantitative estimate of drug-likeness (QED) is 0.638. The average molecular weight is 320 g/mol. The molecule has 0 aromatic heterocycles. The average Bonchev–Trinajstić information content (AvgIpc) is 2.43. The van der Waals surface area contributed by atoms with Gasteiger partial charge in [0.1, 0.15) is 11.9 Å².